The second-order valence-electron chi connectivity index (χ2n) is 4.27. The normalized spacial score (nSPS) is 12.6. The van der Waals surface area contributed by atoms with Gasteiger partial charge < -0.3 is 15.4 Å². The molecule has 5 nitrogen and oxygen atoms in total. The second kappa shape index (κ2) is 6.70. The van der Waals surface area contributed by atoms with E-state index in [1.54, 1.807) is 11.8 Å². The minimum atomic E-state index is -0.393. The molecule has 0 bridgehead atoms. The molecule has 0 saturated carbocycles. The van der Waals surface area contributed by atoms with Gasteiger partial charge in [0.1, 0.15) is 0 Å². The lowest BCUT2D eigenvalue weighted by Crippen LogP contribution is -2.12. The Labute approximate surface area is 116 Å². The molecule has 1 atom stereocenters. The molecule has 1 unspecified atom stereocenters. The predicted octanol–water partition coefficient (Wildman–Crippen LogP) is 2.05. The van der Waals surface area contributed by atoms with Crippen LogP contribution in [0.5, 0.6) is 0 Å². The van der Waals surface area contributed by atoms with E-state index in [4.69, 9.17) is 15.4 Å². The zero-order chi connectivity index (χ0) is 13.7. The van der Waals surface area contributed by atoms with Crippen LogP contribution in [0.3, 0.4) is 0 Å². The maximum Gasteiger partial charge on any atom is 0.243 e. The molecule has 0 amide bonds. The first-order valence-corrected chi connectivity index (χ1v) is 7.06. The van der Waals surface area contributed by atoms with E-state index in [9.17, 15) is 0 Å². The fourth-order valence-electron chi connectivity index (χ4n) is 1.59. The Morgan fingerprint density at radius 1 is 1.47 bits per heavy atom. The van der Waals surface area contributed by atoms with Crippen LogP contribution < -0.4 is 5.73 Å². The van der Waals surface area contributed by atoms with Crippen molar-refractivity contribution in [3.05, 3.63) is 41.5 Å². The van der Waals surface area contributed by atoms with Gasteiger partial charge in [0.25, 0.3) is 0 Å². The maximum atomic E-state index is 8.81. The minimum Gasteiger partial charge on any atom is -0.396 e. The number of hydrogen-bond acceptors (Lipinski definition) is 6. The van der Waals surface area contributed by atoms with Crippen molar-refractivity contribution < 1.29 is 9.63 Å². The van der Waals surface area contributed by atoms with Crippen molar-refractivity contribution in [2.45, 2.75) is 30.0 Å². The number of aliphatic hydroxyl groups is 1. The van der Waals surface area contributed by atoms with Crippen molar-refractivity contribution in [2.75, 3.05) is 6.61 Å². The van der Waals surface area contributed by atoms with E-state index in [2.05, 4.69) is 35.3 Å². The average molecular weight is 279 g/mol. The van der Waals surface area contributed by atoms with Crippen molar-refractivity contribution in [1.29, 1.82) is 0 Å². The highest BCUT2D eigenvalue weighted by molar-refractivity contribution is 7.98. The van der Waals surface area contributed by atoms with Crippen molar-refractivity contribution in [3.63, 3.8) is 0 Å². The van der Waals surface area contributed by atoms with Gasteiger partial charge in [0.05, 0.1) is 11.8 Å². The molecule has 0 aliphatic heterocycles. The number of rotatable bonds is 6. The third-order valence-electron chi connectivity index (χ3n) is 2.60. The number of thioether (sulfide) groups is 1. The summed E-state index contributed by atoms with van der Waals surface area (Å²) in [5.74, 6) is 1.64. The number of benzene rings is 1. The molecule has 1 heterocycles. The highest BCUT2D eigenvalue weighted by Crippen LogP contribution is 2.23. The molecule has 6 heteroatoms. The molecule has 19 heavy (non-hydrogen) atoms. The molecule has 0 saturated heterocycles. The SMILES string of the molecule is Cc1cccc(SCc2noc(C(N)CCO)n2)c1. The molecular formula is C13H17N3O2S. The van der Waals surface area contributed by atoms with Gasteiger partial charge in [-0.05, 0) is 25.5 Å². The van der Waals surface area contributed by atoms with Crippen molar-refractivity contribution in [3.8, 4) is 0 Å². The largest absolute Gasteiger partial charge is 0.396 e. The molecule has 0 fully saturated rings. The molecule has 0 spiro atoms. The van der Waals surface area contributed by atoms with Crippen LogP contribution in [0.15, 0.2) is 33.7 Å². The molecule has 1 aromatic heterocycles. The van der Waals surface area contributed by atoms with Crippen LogP contribution in [0.2, 0.25) is 0 Å². The van der Waals surface area contributed by atoms with Crippen molar-refractivity contribution in [2.24, 2.45) is 5.73 Å². The highest BCUT2D eigenvalue weighted by Gasteiger charge is 2.14. The van der Waals surface area contributed by atoms with Gasteiger partial charge >= 0.3 is 0 Å². The lowest BCUT2D eigenvalue weighted by Gasteiger charge is -2.01. The van der Waals surface area contributed by atoms with Crippen LogP contribution in [0, 0.1) is 6.92 Å². The summed E-state index contributed by atoms with van der Waals surface area (Å²) in [7, 11) is 0. The summed E-state index contributed by atoms with van der Waals surface area (Å²) in [6.45, 7) is 2.07. The number of aromatic nitrogens is 2. The van der Waals surface area contributed by atoms with Gasteiger partial charge in [0.2, 0.25) is 5.89 Å². The van der Waals surface area contributed by atoms with E-state index in [0.29, 0.717) is 23.9 Å². The average Bonchev–Trinajstić information content (AvgIpc) is 2.86. The van der Waals surface area contributed by atoms with E-state index < -0.39 is 6.04 Å². The lowest BCUT2D eigenvalue weighted by atomic mass is 10.2. The number of nitrogens with zero attached hydrogens (tertiary/aromatic N) is 2. The summed E-state index contributed by atoms with van der Waals surface area (Å²) in [5.41, 5.74) is 7.01. The molecule has 1 aromatic carbocycles. The summed E-state index contributed by atoms with van der Waals surface area (Å²) >= 11 is 1.65. The Hall–Kier alpha value is -1.37. The zero-order valence-corrected chi connectivity index (χ0v) is 11.6. The third-order valence-corrected chi connectivity index (χ3v) is 3.59. The molecule has 0 aliphatic rings. The topological polar surface area (TPSA) is 85.2 Å². The predicted molar refractivity (Wildman–Crippen MR) is 73.7 cm³/mol. The summed E-state index contributed by atoms with van der Waals surface area (Å²) in [4.78, 5) is 5.40. The molecule has 3 N–H and O–H groups in total. The quantitative estimate of drug-likeness (QED) is 0.787. The van der Waals surface area contributed by atoms with E-state index in [0.717, 1.165) is 0 Å². The Bertz CT molecular complexity index is 530. The second-order valence-corrected chi connectivity index (χ2v) is 5.32. The number of aliphatic hydroxyl groups excluding tert-OH is 1. The number of hydrogen-bond donors (Lipinski definition) is 2. The number of aryl methyl sites for hydroxylation is 1. The molecular weight excluding hydrogens is 262 g/mol. The van der Waals surface area contributed by atoms with Gasteiger partial charge in [-0.3, -0.25) is 0 Å². The van der Waals surface area contributed by atoms with Crippen LogP contribution in [0.4, 0.5) is 0 Å². The van der Waals surface area contributed by atoms with E-state index in [1.165, 1.54) is 10.5 Å². The van der Waals surface area contributed by atoms with Crippen LogP contribution in [-0.4, -0.2) is 21.9 Å². The van der Waals surface area contributed by atoms with Gasteiger partial charge in [-0.25, -0.2) is 0 Å². The minimum absolute atomic E-state index is 0.0108. The van der Waals surface area contributed by atoms with Crippen LogP contribution in [-0.2, 0) is 5.75 Å². The van der Waals surface area contributed by atoms with E-state index in [1.807, 2.05) is 6.07 Å². The first-order valence-electron chi connectivity index (χ1n) is 6.07. The van der Waals surface area contributed by atoms with Crippen molar-refractivity contribution >= 4 is 11.8 Å². The van der Waals surface area contributed by atoms with Gasteiger partial charge in [-0.1, -0.05) is 22.9 Å². The first kappa shape index (κ1) is 14.0. The zero-order valence-electron chi connectivity index (χ0n) is 10.7. The molecule has 0 aliphatic carbocycles. The highest BCUT2D eigenvalue weighted by atomic mass is 32.2. The first-order chi connectivity index (χ1) is 9.19. The van der Waals surface area contributed by atoms with Gasteiger partial charge in [-0.2, -0.15) is 4.98 Å². The van der Waals surface area contributed by atoms with E-state index in [-0.39, 0.29) is 6.61 Å². The van der Waals surface area contributed by atoms with E-state index >= 15 is 0 Å². The molecule has 102 valence electrons. The van der Waals surface area contributed by atoms with Crippen LogP contribution in [0.1, 0.15) is 29.7 Å². The Morgan fingerprint density at radius 2 is 2.32 bits per heavy atom. The van der Waals surface area contributed by atoms with Gasteiger partial charge in [0, 0.05) is 11.5 Å². The van der Waals surface area contributed by atoms with Gasteiger partial charge in [0.15, 0.2) is 5.82 Å². The Kier molecular flexibility index (Phi) is 4.95. The Balaban J connectivity index is 1.93. The molecule has 2 aromatic rings. The van der Waals surface area contributed by atoms with Crippen LogP contribution in [0.25, 0.3) is 0 Å². The third kappa shape index (κ3) is 4.05. The summed E-state index contributed by atoms with van der Waals surface area (Å²) < 4.78 is 5.08. The van der Waals surface area contributed by atoms with Crippen molar-refractivity contribution in [1.82, 2.24) is 10.1 Å². The summed E-state index contributed by atoms with van der Waals surface area (Å²) in [6.07, 6.45) is 0.423. The van der Waals surface area contributed by atoms with Gasteiger partial charge in [-0.15, -0.1) is 11.8 Å². The summed E-state index contributed by atoms with van der Waals surface area (Å²) in [5, 5.41) is 12.7. The molecule has 0 radical (unpaired) electrons. The smallest absolute Gasteiger partial charge is 0.243 e. The monoisotopic (exact) mass is 279 g/mol. The summed E-state index contributed by atoms with van der Waals surface area (Å²) in [6, 6.07) is 7.86. The van der Waals surface area contributed by atoms with Crippen LogP contribution >= 0.6 is 11.8 Å². The Morgan fingerprint density at radius 3 is 3.05 bits per heavy atom. The fraction of sp³-hybridized carbons (Fsp3) is 0.385. The standard InChI is InChI=1S/C13H17N3O2S/c1-9-3-2-4-10(7-9)19-8-12-15-13(18-16-12)11(14)5-6-17/h2-4,7,11,17H,5-6,8,14H2,1H3. The molecule has 2 rings (SSSR count). The fourth-order valence-corrected chi connectivity index (χ4v) is 2.45. The number of nitrogens with two attached hydrogens (primary N) is 1. The maximum absolute atomic E-state index is 8.81. The lowest BCUT2D eigenvalue weighted by molar-refractivity contribution is 0.259.